The summed E-state index contributed by atoms with van der Waals surface area (Å²) in [7, 11) is 0. The van der Waals surface area contributed by atoms with Crippen LogP contribution >= 0.6 is 0 Å². The van der Waals surface area contributed by atoms with Gasteiger partial charge in [0.05, 0.1) is 0 Å². The predicted octanol–water partition coefficient (Wildman–Crippen LogP) is 0.931. The Bertz CT molecular complexity index is 11.2. The van der Waals surface area contributed by atoms with Gasteiger partial charge in [0.25, 0.3) is 0 Å². The van der Waals surface area contributed by atoms with Crippen LogP contribution in [0.15, 0.2) is 0 Å². The summed E-state index contributed by atoms with van der Waals surface area (Å²) < 4.78 is 3.34. The van der Waals surface area contributed by atoms with E-state index in [0.29, 0.717) is 21.1 Å². The third-order valence-electron chi connectivity index (χ3n) is 0.707. The summed E-state index contributed by atoms with van der Waals surface area (Å²) in [4.78, 5) is 0. The summed E-state index contributed by atoms with van der Waals surface area (Å²) in [6, 6.07) is 0. The van der Waals surface area contributed by atoms with Crippen LogP contribution in [-0.2, 0) is 0 Å². The molecule has 1 heteroatoms. The van der Waals surface area contributed by atoms with E-state index in [1.54, 1.807) is 15.3 Å². The van der Waals surface area contributed by atoms with Gasteiger partial charge in [-0.15, -0.1) is 0 Å². The minimum atomic E-state index is 0.404. The van der Waals surface area contributed by atoms with E-state index >= 15 is 0 Å². The Labute approximate surface area is 36.8 Å². The van der Waals surface area contributed by atoms with E-state index in [-0.39, 0.29) is 0 Å². The topological polar surface area (TPSA) is 0 Å². The molecule has 1 heterocycles. The summed E-state index contributed by atoms with van der Waals surface area (Å²) in [6.07, 6.45) is 1.58. The molecule has 1 rings (SSSR count). The molecule has 0 aromatic heterocycles. The van der Waals surface area contributed by atoms with Gasteiger partial charge in [-0.05, 0) is 0 Å². The Morgan fingerprint density at radius 1 is 1.25 bits per heavy atom. The van der Waals surface area contributed by atoms with Crippen LogP contribution in [0.25, 0.3) is 0 Å². The maximum absolute atomic E-state index is 1.67. The summed E-state index contributed by atoms with van der Waals surface area (Å²) in [5.41, 5.74) is 0. The van der Waals surface area contributed by atoms with E-state index in [0.717, 1.165) is 0 Å². The zero-order valence-electron chi connectivity index (χ0n) is 2.62. The second-order valence-electron chi connectivity index (χ2n) is 1.10. The van der Waals surface area contributed by atoms with Gasteiger partial charge in [-0.2, -0.15) is 0 Å². The number of hydrogen-bond donors (Lipinski definition) is 0. The molecule has 0 spiro atoms. The van der Waals surface area contributed by atoms with Gasteiger partial charge in [0, 0.05) is 0 Å². The molecule has 0 nitrogen and oxygen atoms in total. The van der Waals surface area contributed by atoms with Crippen molar-refractivity contribution in [1.29, 1.82) is 0 Å². The first-order valence-corrected chi connectivity index (χ1v) is 5.74. The summed E-state index contributed by atoms with van der Waals surface area (Å²) >= 11 is 0.404. The predicted molar refractivity (Wildman–Crippen MR) is 20.0 cm³/mol. The van der Waals surface area contributed by atoms with Crippen LogP contribution < -0.4 is 0 Å². The molecule has 0 aliphatic carbocycles. The quantitative estimate of drug-likeness (QED) is 0.463. The zero-order chi connectivity index (χ0) is 2.83. The van der Waals surface area contributed by atoms with Crippen molar-refractivity contribution in [2.24, 2.45) is 0 Å². The fourth-order valence-electron chi connectivity index (χ4n) is 0.177. The third kappa shape index (κ3) is 0.393. The van der Waals surface area contributed by atoms with Crippen molar-refractivity contribution in [3.05, 3.63) is 0 Å². The van der Waals surface area contributed by atoms with Crippen molar-refractivity contribution in [3.8, 4) is 0 Å². The van der Waals surface area contributed by atoms with Gasteiger partial charge in [0.2, 0.25) is 0 Å². The van der Waals surface area contributed by atoms with E-state index in [4.69, 9.17) is 0 Å². The van der Waals surface area contributed by atoms with E-state index in [9.17, 15) is 0 Å². The Balaban J connectivity index is 2.00. The van der Waals surface area contributed by atoms with Crippen LogP contribution in [0.2, 0.25) is 8.87 Å². The number of hydrogen-bond acceptors (Lipinski definition) is 0. The van der Waals surface area contributed by atoms with Crippen molar-refractivity contribution < 1.29 is 0 Å². The van der Waals surface area contributed by atoms with Crippen LogP contribution in [-0.4, -0.2) is 21.1 Å². The monoisotopic (exact) mass is 162 g/mol. The maximum atomic E-state index is 1.67. The van der Waals surface area contributed by atoms with Gasteiger partial charge in [0.15, 0.2) is 0 Å². The molecule has 0 aromatic carbocycles. The zero-order valence-corrected chi connectivity index (χ0v) is 5.48. The van der Waals surface area contributed by atoms with Crippen LogP contribution in [0.3, 0.4) is 0 Å². The van der Waals surface area contributed by atoms with Gasteiger partial charge >= 0.3 is 36.4 Å². The van der Waals surface area contributed by atoms with Gasteiger partial charge in [-0.25, -0.2) is 0 Å². The van der Waals surface area contributed by atoms with Crippen molar-refractivity contribution in [3.63, 3.8) is 0 Å². The third-order valence-corrected chi connectivity index (χ3v) is 4.74. The number of rotatable bonds is 0. The van der Waals surface area contributed by atoms with E-state index in [2.05, 4.69) is 0 Å². The molecule has 1 aliphatic rings. The molecular formula is C3H6Sn. The Morgan fingerprint density at radius 3 is 1.50 bits per heavy atom. The van der Waals surface area contributed by atoms with E-state index < -0.39 is 0 Å². The van der Waals surface area contributed by atoms with Crippen molar-refractivity contribution in [2.45, 2.75) is 15.3 Å². The Kier molecular flexibility index (Phi) is 0.971. The minimum absolute atomic E-state index is 0.404. The van der Waals surface area contributed by atoms with Crippen molar-refractivity contribution in [2.75, 3.05) is 0 Å². The summed E-state index contributed by atoms with van der Waals surface area (Å²) in [5.74, 6) is 0. The molecule has 2 radical (unpaired) electrons. The van der Waals surface area contributed by atoms with Gasteiger partial charge in [-0.3, -0.25) is 0 Å². The Morgan fingerprint density at radius 2 is 1.50 bits per heavy atom. The molecule has 4 heavy (non-hydrogen) atoms. The standard InChI is InChI=1S/C3H6.Sn/c1-3-2;/h1-3H2;. The second-order valence-corrected chi connectivity index (χ2v) is 5.38. The summed E-state index contributed by atoms with van der Waals surface area (Å²) in [6.45, 7) is 0. The van der Waals surface area contributed by atoms with E-state index in [1.165, 1.54) is 0 Å². The van der Waals surface area contributed by atoms with Crippen LogP contribution in [0, 0.1) is 0 Å². The first-order valence-electron chi connectivity index (χ1n) is 1.71. The molecule has 0 unspecified atom stereocenters. The molecule has 1 saturated heterocycles. The van der Waals surface area contributed by atoms with Crippen molar-refractivity contribution in [1.82, 2.24) is 0 Å². The van der Waals surface area contributed by atoms with Crippen molar-refractivity contribution >= 4 is 21.1 Å². The Hall–Kier alpha value is 0.799. The molecule has 0 bridgehead atoms. The molecule has 0 amide bonds. The normalized spacial score (nSPS) is 24.0. The fourth-order valence-corrected chi connectivity index (χ4v) is 1.19. The molecule has 1 fully saturated rings. The SMILES string of the molecule is C1[CH2][Sn][CH2]1. The van der Waals surface area contributed by atoms with Crippen LogP contribution in [0.5, 0.6) is 0 Å². The first kappa shape index (κ1) is 3.01. The molecular weight excluding hydrogens is 155 g/mol. The molecule has 0 aromatic rings. The molecule has 0 atom stereocenters. The summed E-state index contributed by atoms with van der Waals surface area (Å²) in [5, 5.41) is 0. The van der Waals surface area contributed by atoms with Gasteiger partial charge in [-0.1, -0.05) is 0 Å². The average Bonchev–Trinajstić information content (AvgIpc) is 0.722. The fraction of sp³-hybridized carbons (Fsp3) is 1.00. The van der Waals surface area contributed by atoms with Gasteiger partial charge in [0.1, 0.15) is 0 Å². The first-order chi connectivity index (χ1) is 2.00. The average molecular weight is 161 g/mol. The van der Waals surface area contributed by atoms with Crippen LogP contribution in [0.4, 0.5) is 0 Å². The van der Waals surface area contributed by atoms with E-state index in [1.807, 2.05) is 0 Å². The van der Waals surface area contributed by atoms with Gasteiger partial charge < -0.3 is 0 Å². The molecule has 0 saturated carbocycles. The molecule has 22 valence electrons. The molecule has 0 N–H and O–H groups in total. The second kappa shape index (κ2) is 1.29. The molecule has 1 aliphatic heterocycles. The van der Waals surface area contributed by atoms with Crippen LogP contribution in [0.1, 0.15) is 6.42 Å².